The molecule has 2 rings (SSSR count). The minimum absolute atomic E-state index is 0.942. The minimum Gasteiger partial charge on any atom is -0.464 e. The third-order valence-electron chi connectivity index (χ3n) is 1.74. The molecule has 0 radical (unpaired) electrons. The summed E-state index contributed by atoms with van der Waals surface area (Å²) < 4.78 is 6.32. The van der Waals surface area contributed by atoms with E-state index < -0.39 is 0 Å². The smallest absolute Gasteiger partial charge is 0.135 e. The Hall–Kier alpha value is -0.760. The first-order valence-corrected chi connectivity index (χ1v) is 4.20. The standard InChI is InChI=1S/C9H7BrO/c1-6-4-7(10)5-9-8(6)2-3-11-9/h2-5H,1H3. The highest BCUT2D eigenvalue weighted by Crippen LogP contribution is 2.24. The zero-order valence-corrected chi connectivity index (χ0v) is 7.68. The summed E-state index contributed by atoms with van der Waals surface area (Å²) in [6.45, 7) is 2.07. The van der Waals surface area contributed by atoms with Crippen LogP contribution in [0.5, 0.6) is 0 Å². The highest BCUT2D eigenvalue weighted by Gasteiger charge is 2.00. The molecular weight excluding hydrogens is 204 g/mol. The molecule has 1 nitrogen and oxygen atoms in total. The van der Waals surface area contributed by atoms with Gasteiger partial charge < -0.3 is 4.42 Å². The van der Waals surface area contributed by atoms with Crippen molar-refractivity contribution in [3.8, 4) is 0 Å². The maximum absolute atomic E-state index is 5.25. The molecule has 0 N–H and O–H groups in total. The Morgan fingerprint density at radius 3 is 3.00 bits per heavy atom. The zero-order chi connectivity index (χ0) is 7.84. The van der Waals surface area contributed by atoms with E-state index in [4.69, 9.17) is 4.42 Å². The van der Waals surface area contributed by atoms with Crippen LogP contribution in [0.1, 0.15) is 5.56 Å². The largest absolute Gasteiger partial charge is 0.464 e. The molecule has 2 heteroatoms. The summed E-state index contributed by atoms with van der Waals surface area (Å²) in [4.78, 5) is 0. The van der Waals surface area contributed by atoms with E-state index >= 15 is 0 Å². The van der Waals surface area contributed by atoms with Crippen LogP contribution in [0.2, 0.25) is 0 Å². The molecule has 0 amide bonds. The molecule has 0 unspecified atom stereocenters. The number of hydrogen-bond donors (Lipinski definition) is 0. The molecule has 0 aliphatic rings. The molecule has 0 saturated heterocycles. The van der Waals surface area contributed by atoms with Crippen molar-refractivity contribution in [3.05, 3.63) is 34.5 Å². The van der Waals surface area contributed by atoms with Gasteiger partial charge in [-0.25, -0.2) is 0 Å². The minimum atomic E-state index is 0.942. The molecule has 11 heavy (non-hydrogen) atoms. The van der Waals surface area contributed by atoms with Gasteiger partial charge in [0.15, 0.2) is 0 Å². The fraction of sp³-hybridized carbons (Fsp3) is 0.111. The zero-order valence-electron chi connectivity index (χ0n) is 6.10. The van der Waals surface area contributed by atoms with Gasteiger partial charge in [-0.15, -0.1) is 0 Å². The van der Waals surface area contributed by atoms with E-state index in [1.807, 2.05) is 12.1 Å². The Balaban J connectivity index is 2.91. The molecule has 2 aromatic rings. The van der Waals surface area contributed by atoms with E-state index in [1.54, 1.807) is 6.26 Å². The van der Waals surface area contributed by atoms with E-state index in [-0.39, 0.29) is 0 Å². The number of benzene rings is 1. The molecule has 0 aliphatic heterocycles. The Morgan fingerprint density at radius 2 is 2.18 bits per heavy atom. The first-order chi connectivity index (χ1) is 5.27. The van der Waals surface area contributed by atoms with Gasteiger partial charge in [-0.1, -0.05) is 15.9 Å². The van der Waals surface area contributed by atoms with E-state index in [0.29, 0.717) is 0 Å². The van der Waals surface area contributed by atoms with E-state index in [9.17, 15) is 0 Å². The van der Waals surface area contributed by atoms with Gasteiger partial charge in [0.1, 0.15) is 5.58 Å². The number of rotatable bonds is 0. The van der Waals surface area contributed by atoms with Crippen molar-refractivity contribution in [2.45, 2.75) is 6.92 Å². The molecular formula is C9H7BrO. The van der Waals surface area contributed by atoms with Crippen LogP contribution in [0.4, 0.5) is 0 Å². The Labute approximate surface area is 73.1 Å². The molecule has 0 spiro atoms. The molecule has 1 heterocycles. The molecule has 0 bridgehead atoms. The van der Waals surface area contributed by atoms with Gasteiger partial charge in [-0.05, 0) is 30.7 Å². The van der Waals surface area contributed by atoms with Crippen LogP contribution in [0.15, 0.2) is 33.4 Å². The van der Waals surface area contributed by atoms with E-state index in [0.717, 1.165) is 10.1 Å². The van der Waals surface area contributed by atoms with Gasteiger partial charge in [0.25, 0.3) is 0 Å². The van der Waals surface area contributed by atoms with Gasteiger partial charge in [0.05, 0.1) is 6.26 Å². The lowest BCUT2D eigenvalue weighted by Gasteiger charge is -1.94. The lowest BCUT2D eigenvalue weighted by molar-refractivity contribution is 0.615. The topological polar surface area (TPSA) is 13.1 Å². The first kappa shape index (κ1) is 6.92. The molecule has 0 atom stereocenters. The third-order valence-corrected chi connectivity index (χ3v) is 2.20. The van der Waals surface area contributed by atoms with E-state index in [2.05, 4.69) is 28.9 Å². The third kappa shape index (κ3) is 1.07. The van der Waals surface area contributed by atoms with Gasteiger partial charge >= 0.3 is 0 Å². The van der Waals surface area contributed by atoms with Gasteiger partial charge in [-0.3, -0.25) is 0 Å². The van der Waals surface area contributed by atoms with Crippen LogP contribution in [0.25, 0.3) is 11.0 Å². The number of aryl methyl sites for hydroxylation is 1. The summed E-state index contributed by atoms with van der Waals surface area (Å²) in [7, 11) is 0. The van der Waals surface area contributed by atoms with Crippen LogP contribution in [-0.4, -0.2) is 0 Å². The van der Waals surface area contributed by atoms with Crippen LogP contribution in [0, 0.1) is 6.92 Å². The fourth-order valence-electron chi connectivity index (χ4n) is 1.21. The Bertz CT molecular complexity index is 389. The normalized spacial score (nSPS) is 10.7. The lowest BCUT2D eigenvalue weighted by atomic mass is 10.1. The first-order valence-electron chi connectivity index (χ1n) is 3.41. The Morgan fingerprint density at radius 1 is 1.36 bits per heavy atom. The molecule has 0 aliphatic carbocycles. The second kappa shape index (κ2) is 2.38. The summed E-state index contributed by atoms with van der Waals surface area (Å²) >= 11 is 3.41. The summed E-state index contributed by atoms with van der Waals surface area (Å²) in [5.74, 6) is 0. The van der Waals surface area contributed by atoms with Crippen LogP contribution >= 0.6 is 15.9 Å². The van der Waals surface area contributed by atoms with Crippen molar-refractivity contribution in [1.29, 1.82) is 0 Å². The van der Waals surface area contributed by atoms with Crippen molar-refractivity contribution >= 4 is 26.9 Å². The van der Waals surface area contributed by atoms with Crippen LogP contribution in [-0.2, 0) is 0 Å². The molecule has 1 aromatic heterocycles. The molecule has 1 aromatic carbocycles. The van der Waals surface area contributed by atoms with Crippen molar-refractivity contribution in [2.24, 2.45) is 0 Å². The predicted octanol–water partition coefficient (Wildman–Crippen LogP) is 3.50. The quantitative estimate of drug-likeness (QED) is 0.649. The summed E-state index contributed by atoms with van der Waals surface area (Å²) in [6, 6.07) is 6.04. The number of hydrogen-bond acceptors (Lipinski definition) is 1. The highest BCUT2D eigenvalue weighted by molar-refractivity contribution is 9.10. The number of furan rings is 1. The SMILES string of the molecule is Cc1cc(Br)cc2occc12. The second-order valence-corrected chi connectivity index (χ2v) is 3.47. The number of fused-ring (bicyclic) bond motifs is 1. The maximum atomic E-state index is 5.25. The lowest BCUT2D eigenvalue weighted by Crippen LogP contribution is -1.72. The average Bonchev–Trinajstić information content (AvgIpc) is 2.34. The van der Waals surface area contributed by atoms with Crippen molar-refractivity contribution in [1.82, 2.24) is 0 Å². The van der Waals surface area contributed by atoms with Crippen molar-refractivity contribution in [3.63, 3.8) is 0 Å². The monoisotopic (exact) mass is 210 g/mol. The summed E-state index contributed by atoms with van der Waals surface area (Å²) in [6.07, 6.45) is 1.71. The summed E-state index contributed by atoms with van der Waals surface area (Å²) in [5.41, 5.74) is 2.18. The highest BCUT2D eigenvalue weighted by atomic mass is 79.9. The Kier molecular flexibility index (Phi) is 1.50. The summed E-state index contributed by atoms with van der Waals surface area (Å²) in [5, 5.41) is 1.19. The van der Waals surface area contributed by atoms with Gasteiger partial charge in [0, 0.05) is 9.86 Å². The molecule has 56 valence electrons. The van der Waals surface area contributed by atoms with Gasteiger partial charge in [-0.2, -0.15) is 0 Å². The molecule has 0 fully saturated rings. The predicted molar refractivity (Wildman–Crippen MR) is 48.7 cm³/mol. The van der Waals surface area contributed by atoms with Crippen molar-refractivity contribution < 1.29 is 4.42 Å². The fourth-order valence-corrected chi connectivity index (χ4v) is 1.76. The average molecular weight is 211 g/mol. The van der Waals surface area contributed by atoms with Crippen LogP contribution < -0.4 is 0 Å². The van der Waals surface area contributed by atoms with E-state index in [1.165, 1.54) is 10.9 Å². The number of halogens is 1. The molecule has 0 saturated carbocycles. The second-order valence-electron chi connectivity index (χ2n) is 2.56. The van der Waals surface area contributed by atoms with Gasteiger partial charge in [0.2, 0.25) is 0 Å². The van der Waals surface area contributed by atoms with Crippen LogP contribution in [0.3, 0.4) is 0 Å². The maximum Gasteiger partial charge on any atom is 0.135 e. The van der Waals surface area contributed by atoms with Crippen molar-refractivity contribution in [2.75, 3.05) is 0 Å².